The normalized spacial score (nSPS) is 17.1. The molecule has 0 aliphatic heterocycles. The second-order valence-corrected chi connectivity index (χ2v) is 4.96. The fourth-order valence-corrected chi connectivity index (χ4v) is 2.68. The molecule has 19 heavy (non-hydrogen) atoms. The van der Waals surface area contributed by atoms with Crippen LogP contribution in [0.25, 0.3) is 0 Å². The molecule has 0 saturated carbocycles. The maximum Gasteiger partial charge on any atom is 0.193 e. The molecule has 1 atom stereocenters. The molecule has 0 saturated heterocycles. The van der Waals surface area contributed by atoms with Gasteiger partial charge in [0.25, 0.3) is 0 Å². The molecule has 2 heteroatoms. The Balaban J connectivity index is 2.29. The van der Waals surface area contributed by atoms with Gasteiger partial charge in [-0.3, -0.25) is 4.79 Å². The van der Waals surface area contributed by atoms with Crippen molar-refractivity contribution in [2.45, 2.75) is 19.3 Å². The van der Waals surface area contributed by atoms with Gasteiger partial charge in [-0.2, -0.15) is 5.26 Å². The number of aryl methyl sites for hydroxylation is 1. The van der Waals surface area contributed by atoms with Crippen molar-refractivity contribution in [3.63, 3.8) is 0 Å². The topological polar surface area (TPSA) is 40.9 Å². The van der Waals surface area contributed by atoms with Crippen molar-refractivity contribution in [3.8, 4) is 6.07 Å². The minimum absolute atomic E-state index is 0.0343. The van der Waals surface area contributed by atoms with Crippen LogP contribution in [0.15, 0.2) is 42.5 Å². The number of carbonyl (C=O) groups excluding carboxylic acids is 1. The van der Waals surface area contributed by atoms with Crippen LogP contribution in [0, 0.1) is 18.3 Å². The first-order valence-electron chi connectivity index (χ1n) is 6.33. The van der Waals surface area contributed by atoms with Crippen LogP contribution in [0.2, 0.25) is 0 Å². The van der Waals surface area contributed by atoms with Gasteiger partial charge in [-0.1, -0.05) is 42.0 Å². The van der Waals surface area contributed by atoms with Crippen LogP contribution in [-0.4, -0.2) is 5.78 Å². The molecule has 0 aromatic heterocycles. The van der Waals surface area contributed by atoms with Gasteiger partial charge in [-0.25, -0.2) is 0 Å². The van der Waals surface area contributed by atoms with Crippen molar-refractivity contribution in [2.75, 3.05) is 0 Å². The number of ketones is 1. The van der Waals surface area contributed by atoms with E-state index in [1.54, 1.807) is 0 Å². The molecule has 92 valence electrons. The minimum atomic E-state index is -0.247. The molecule has 0 radical (unpaired) electrons. The van der Waals surface area contributed by atoms with Gasteiger partial charge < -0.3 is 0 Å². The van der Waals surface area contributed by atoms with E-state index >= 15 is 0 Å². The first-order valence-corrected chi connectivity index (χ1v) is 6.33. The maximum atomic E-state index is 12.6. The fraction of sp³-hybridized carbons (Fsp3) is 0.176. The molecular formula is C17H13NO. The van der Waals surface area contributed by atoms with Crippen molar-refractivity contribution >= 4 is 5.78 Å². The van der Waals surface area contributed by atoms with Gasteiger partial charge in [0.1, 0.15) is 0 Å². The first kappa shape index (κ1) is 11.7. The van der Waals surface area contributed by atoms with E-state index in [9.17, 15) is 10.1 Å². The van der Waals surface area contributed by atoms with Crippen LogP contribution in [0.5, 0.6) is 0 Å². The first-order chi connectivity index (χ1) is 9.20. The molecule has 0 heterocycles. The summed E-state index contributed by atoms with van der Waals surface area (Å²) in [4.78, 5) is 12.6. The Morgan fingerprint density at radius 2 is 1.95 bits per heavy atom. The molecule has 2 nitrogen and oxygen atoms in total. The number of benzene rings is 2. The van der Waals surface area contributed by atoms with Crippen LogP contribution >= 0.6 is 0 Å². The standard InChI is InChI=1S/C17H13NO/c1-11-6-7-14-13(10-18)9-12-4-2-3-5-15(12)17(19)16(14)8-11/h2-8,13H,9H2,1H3/t13-/m0/s1. The third kappa shape index (κ3) is 1.84. The summed E-state index contributed by atoms with van der Waals surface area (Å²) in [6.45, 7) is 1.96. The summed E-state index contributed by atoms with van der Waals surface area (Å²) < 4.78 is 0. The molecule has 0 N–H and O–H groups in total. The number of rotatable bonds is 0. The summed E-state index contributed by atoms with van der Waals surface area (Å²) in [6, 6.07) is 15.7. The molecule has 0 unspecified atom stereocenters. The van der Waals surface area contributed by atoms with Crippen molar-refractivity contribution in [1.29, 1.82) is 5.26 Å². The Labute approximate surface area is 112 Å². The summed E-state index contributed by atoms with van der Waals surface area (Å²) in [5.41, 5.74) is 4.27. The van der Waals surface area contributed by atoms with E-state index in [2.05, 4.69) is 6.07 Å². The minimum Gasteiger partial charge on any atom is -0.289 e. The summed E-state index contributed by atoms with van der Waals surface area (Å²) in [5, 5.41) is 9.38. The SMILES string of the molecule is Cc1ccc2c(c1)C(=O)c1ccccc1C[C@H]2C#N. The average Bonchev–Trinajstić information content (AvgIpc) is 2.55. The molecule has 2 aromatic rings. The third-order valence-electron chi connectivity index (χ3n) is 3.67. The van der Waals surface area contributed by atoms with Crippen LogP contribution in [-0.2, 0) is 6.42 Å². The lowest BCUT2D eigenvalue weighted by Crippen LogP contribution is -2.05. The predicted octanol–water partition coefficient (Wildman–Crippen LogP) is 3.39. The predicted molar refractivity (Wildman–Crippen MR) is 73.1 cm³/mol. The van der Waals surface area contributed by atoms with Crippen molar-refractivity contribution < 1.29 is 4.79 Å². The second-order valence-electron chi connectivity index (χ2n) is 4.96. The van der Waals surface area contributed by atoms with Crippen LogP contribution < -0.4 is 0 Å². The summed E-state index contributed by atoms with van der Waals surface area (Å²) >= 11 is 0. The number of nitrogens with zero attached hydrogens (tertiary/aromatic N) is 1. The zero-order valence-corrected chi connectivity index (χ0v) is 10.7. The molecule has 1 aliphatic carbocycles. The Hall–Kier alpha value is -2.40. The van der Waals surface area contributed by atoms with Crippen LogP contribution in [0.4, 0.5) is 0 Å². The van der Waals surface area contributed by atoms with Crippen LogP contribution in [0.3, 0.4) is 0 Å². The quantitative estimate of drug-likeness (QED) is 0.716. The summed E-state index contributed by atoms with van der Waals surface area (Å²) in [5.74, 6) is -0.213. The Bertz CT molecular complexity index is 709. The van der Waals surface area contributed by atoms with E-state index in [1.165, 1.54) is 0 Å². The van der Waals surface area contributed by atoms with Gasteiger partial charge in [0.05, 0.1) is 12.0 Å². The highest BCUT2D eigenvalue weighted by molar-refractivity contribution is 6.11. The number of hydrogen-bond donors (Lipinski definition) is 0. The molecule has 0 bridgehead atoms. The lowest BCUT2D eigenvalue weighted by molar-refractivity contribution is 0.103. The molecule has 0 amide bonds. The van der Waals surface area contributed by atoms with Gasteiger partial charge >= 0.3 is 0 Å². The van der Waals surface area contributed by atoms with E-state index < -0.39 is 0 Å². The third-order valence-corrected chi connectivity index (χ3v) is 3.67. The van der Waals surface area contributed by atoms with Crippen molar-refractivity contribution in [1.82, 2.24) is 0 Å². The van der Waals surface area contributed by atoms with Gasteiger partial charge in [0, 0.05) is 11.1 Å². The Morgan fingerprint density at radius 1 is 1.16 bits per heavy atom. The lowest BCUT2D eigenvalue weighted by Gasteiger charge is -2.09. The van der Waals surface area contributed by atoms with Gasteiger partial charge in [-0.05, 0) is 30.5 Å². The van der Waals surface area contributed by atoms with Gasteiger partial charge in [-0.15, -0.1) is 0 Å². The summed E-state index contributed by atoms with van der Waals surface area (Å²) in [7, 11) is 0. The van der Waals surface area contributed by atoms with Gasteiger partial charge in [0.2, 0.25) is 0 Å². The van der Waals surface area contributed by atoms with Crippen molar-refractivity contribution in [2.24, 2.45) is 0 Å². The van der Waals surface area contributed by atoms with E-state index in [4.69, 9.17) is 0 Å². The molecule has 1 aliphatic rings. The van der Waals surface area contributed by atoms with Crippen LogP contribution in [0.1, 0.15) is 38.5 Å². The van der Waals surface area contributed by atoms with Crippen molar-refractivity contribution in [3.05, 3.63) is 70.3 Å². The molecule has 0 fully saturated rings. The zero-order valence-electron chi connectivity index (χ0n) is 10.7. The Kier molecular flexibility index (Phi) is 2.68. The number of carbonyl (C=O) groups is 1. The zero-order chi connectivity index (χ0) is 13.4. The molecule has 0 spiro atoms. The second kappa shape index (κ2) is 4.37. The summed E-state index contributed by atoms with van der Waals surface area (Å²) in [6.07, 6.45) is 0.606. The highest BCUT2D eigenvalue weighted by Gasteiger charge is 2.26. The maximum absolute atomic E-state index is 12.6. The molecule has 2 aromatic carbocycles. The molecule has 3 rings (SSSR count). The molecular weight excluding hydrogens is 234 g/mol. The number of hydrogen-bond acceptors (Lipinski definition) is 2. The average molecular weight is 247 g/mol. The highest BCUT2D eigenvalue weighted by Crippen LogP contribution is 2.32. The smallest absolute Gasteiger partial charge is 0.193 e. The number of fused-ring (bicyclic) bond motifs is 2. The van der Waals surface area contributed by atoms with E-state index in [0.717, 1.165) is 22.3 Å². The lowest BCUT2D eigenvalue weighted by atomic mass is 9.91. The monoisotopic (exact) mass is 247 g/mol. The van der Waals surface area contributed by atoms with E-state index in [-0.39, 0.29) is 11.7 Å². The fourth-order valence-electron chi connectivity index (χ4n) is 2.68. The van der Waals surface area contributed by atoms with E-state index in [0.29, 0.717) is 12.0 Å². The van der Waals surface area contributed by atoms with Gasteiger partial charge in [0.15, 0.2) is 5.78 Å². The highest BCUT2D eigenvalue weighted by atomic mass is 16.1. The Morgan fingerprint density at radius 3 is 2.74 bits per heavy atom. The largest absolute Gasteiger partial charge is 0.289 e. The van der Waals surface area contributed by atoms with E-state index in [1.807, 2.05) is 49.4 Å². The number of nitriles is 1.